The molecule has 1 unspecified atom stereocenters. The smallest absolute Gasteiger partial charge is 0.138 e. The number of nitrogens with zero attached hydrogens (tertiary/aromatic N) is 2. The number of hydrogen-bond donors (Lipinski definition) is 0. The van der Waals surface area contributed by atoms with Crippen LogP contribution in [0.4, 0.5) is 0 Å². The molecule has 2 aromatic rings. The molecule has 0 radical (unpaired) electrons. The summed E-state index contributed by atoms with van der Waals surface area (Å²) in [6.07, 6.45) is 1.56. The third-order valence-corrected chi connectivity index (χ3v) is 3.89. The Morgan fingerprint density at radius 2 is 1.91 bits per heavy atom. The number of ether oxygens (including phenoxy) is 1. The van der Waals surface area contributed by atoms with Crippen molar-refractivity contribution in [1.82, 2.24) is 5.16 Å². The summed E-state index contributed by atoms with van der Waals surface area (Å²) in [6, 6.07) is 8.47. The number of hydrogen-bond acceptors (Lipinski definition) is 4. The van der Waals surface area contributed by atoms with Gasteiger partial charge in [-0.15, -0.1) is 0 Å². The lowest BCUT2D eigenvalue weighted by atomic mass is 9.94. The van der Waals surface area contributed by atoms with Crippen molar-refractivity contribution in [2.75, 3.05) is 6.61 Å². The molecular weight excluding hydrogens is 276 g/mol. The van der Waals surface area contributed by atoms with E-state index in [0.29, 0.717) is 6.61 Å². The van der Waals surface area contributed by atoms with Crippen molar-refractivity contribution in [3.63, 3.8) is 0 Å². The van der Waals surface area contributed by atoms with E-state index in [4.69, 9.17) is 9.26 Å². The Morgan fingerprint density at radius 3 is 2.45 bits per heavy atom. The molecule has 116 valence electrons. The van der Waals surface area contributed by atoms with Gasteiger partial charge in [0.25, 0.3) is 0 Å². The zero-order valence-corrected chi connectivity index (χ0v) is 13.6. The lowest BCUT2D eigenvalue weighted by molar-refractivity contribution is 0.301. The van der Waals surface area contributed by atoms with Crippen LogP contribution in [0.1, 0.15) is 46.9 Å². The van der Waals surface area contributed by atoms with Crippen molar-refractivity contribution >= 4 is 0 Å². The molecule has 22 heavy (non-hydrogen) atoms. The predicted octanol–water partition coefficient (Wildman–Crippen LogP) is 4.37. The van der Waals surface area contributed by atoms with Crippen LogP contribution in [-0.4, -0.2) is 11.8 Å². The first-order valence-corrected chi connectivity index (χ1v) is 7.56. The summed E-state index contributed by atoms with van der Waals surface area (Å²) in [6.45, 7) is 8.43. The molecule has 0 bridgehead atoms. The van der Waals surface area contributed by atoms with Gasteiger partial charge in [-0.3, -0.25) is 0 Å². The number of nitriles is 1. The Bertz CT molecular complexity index is 643. The Morgan fingerprint density at radius 1 is 1.23 bits per heavy atom. The molecule has 0 saturated heterocycles. The summed E-state index contributed by atoms with van der Waals surface area (Å²) >= 11 is 0. The van der Waals surface area contributed by atoms with Crippen LogP contribution in [0.25, 0.3) is 0 Å². The second-order valence-corrected chi connectivity index (χ2v) is 5.63. The molecule has 1 aromatic carbocycles. The summed E-state index contributed by atoms with van der Waals surface area (Å²) in [5, 5.41) is 13.3. The van der Waals surface area contributed by atoms with Crippen molar-refractivity contribution in [2.24, 2.45) is 0 Å². The monoisotopic (exact) mass is 298 g/mol. The molecular formula is C18H22N2O2. The summed E-state index contributed by atoms with van der Waals surface area (Å²) in [5.74, 6) is 1.50. The van der Waals surface area contributed by atoms with Gasteiger partial charge in [-0.1, -0.05) is 23.4 Å². The molecule has 4 nitrogen and oxygen atoms in total. The zero-order valence-electron chi connectivity index (χ0n) is 13.6. The highest BCUT2D eigenvalue weighted by molar-refractivity contribution is 5.39. The SMILES string of the molecule is Cc1cccc(C)c1OCCCC(C#N)c1c(C)noc1C. The minimum Gasteiger partial charge on any atom is -0.493 e. The van der Waals surface area contributed by atoms with Crippen molar-refractivity contribution < 1.29 is 9.26 Å². The fourth-order valence-electron chi connectivity index (χ4n) is 2.75. The molecule has 2 rings (SSSR count). The topological polar surface area (TPSA) is 59.0 Å². The molecule has 0 N–H and O–H groups in total. The van der Waals surface area contributed by atoms with Crippen LogP contribution >= 0.6 is 0 Å². The molecule has 4 heteroatoms. The third-order valence-electron chi connectivity index (χ3n) is 3.89. The number of aryl methyl sites for hydroxylation is 4. The second-order valence-electron chi connectivity index (χ2n) is 5.63. The summed E-state index contributed by atoms with van der Waals surface area (Å²) < 4.78 is 11.0. The largest absolute Gasteiger partial charge is 0.493 e. The van der Waals surface area contributed by atoms with Crippen LogP contribution in [0.3, 0.4) is 0 Å². The van der Waals surface area contributed by atoms with Crippen molar-refractivity contribution in [3.05, 3.63) is 46.3 Å². The van der Waals surface area contributed by atoms with Crippen molar-refractivity contribution in [2.45, 2.75) is 46.5 Å². The molecule has 0 fully saturated rings. The fourth-order valence-corrected chi connectivity index (χ4v) is 2.75. The lowest BCUT2D eigenvalue weighted by Gasteiger charge is -2.13. The fraction of sp³-hybridized carbons (Fsp3) is 0.444. The maximum Gasteiger partial charge on any atom is 0.138 e. The van der Waals surface area contributed by atoms with E-state index in [2.05, 4.69) is 11.2 Å². The van der Waals surface area contributed by atoms with Gasteiger partial charge >= 0.3 is 0 Å². The Hall–Kier alpha value is -2.28. The average Bonchev–Trinajstić information content (AvgIpc) is 2.81. The Balaban J connectivity index is 1.92. The second kappa shape index (κ2) is 7.13. The summed E-state index contributed by atoms with van der Waals surface area (Å²) in [5.41, 5.74) is 4.01. The standard InChI is InChI=1S/C18H22N2O2/c1-12-7-5-8-13(2)18(12)21-10-6-9-16(11-19)17-14(3)20-22-15(17)4/h5,7-8,16H,6,9-10H2,1-4H3. The highest BCUT2D eigenvalue weighted by atomic mass is 16.5. The maximum atomic E-state index is 9.39. The molecule has 0 spiro atoms. The normalized spacial score (nSPS) is 12.0. The number of aromatic nitrogens is 1. The van der Waals surface area contributed by atoms with Gasteiger partial charge in [-0.2, -0.15) is 5.26 Å². The zero-order chi connectivity index (χ0) is 16.1. The molecule has 0 amide bonds. The predicted molar refractivity (Wildman–Crippen MR) is 85.0 cm³/mol. The molecule has 0 aliphatic carbocycles. The van der Waals surface area contributed by atoms with Gasteiger partial charge in [0.1, 0.15) is 11.5 Å². The molecule has 0 saturated carbocycles. The highest BCUT2D eigenvalue weighted by Crippen LogP contribution is 2.27. The Labute approximate surface area is 131 Å². The van der Waals surface area contributed by atoms with Gasteiger partial charge in [-0.25, -0.2) is 0 Å². The minimum atomic E-state index is -0.187. The van der Waals surface area contributed by atoms with E-state index in [1.165, 1.54) is 0 Å². The van der Waals surface area contributed by atoms with E-state index in [1.54, 1.807) is 0 Å². The molecule has 0 aliphatic heterocycles. The highest BCUT2D eigenvalue weighted by Gasteiger charge is 2.19. The first kappa shape index (κ1) is 16.1. The van der Waals surface area contributed by atoms with E-state index >= 15 is 0 Å². The first-order valence-electron chi connectivity index (χ1n) is 7.56. The van der Waals surface area contributed by atoms with Gasteiger partial charge < -0.3 is 9.26 Å². The number of rotatable bonds is 6. The van der Waals surface area contributed by atoms with Crippen molar-refractivity contribution in [1.29, 1.82) is 5.26 Å². The van der Waals surface area contributed by atoms with Crippen LogP contribution in [0.5, 0.6) is 5.75 Å². The molecule has 1 heterocycles. The summed E-state index contributed by atoms with van der Waals surface area (Å²) in [7, 11) is 0. The lowest BCUT2D eigenvalue weighted by Crippen LogP contribution is -2.05. The van der Waals surface area contributed by atoms with Gasteiger partial charge in [-0.05, 0) is 51.7 Å². The quantitative estimate of drug-likeness (QED) is 0.743. The average molecular weight is 298 g/mol. The minimum absolute atomic E-state index is 0.187. The Kier molecular flexibility index (Phi) is 5.21. The van der Waals surface area contributed by atoms with Crippen molar-refractivity contribution in [3.8, 4) is 11.8 Å². The van der Waals surface area contributed by atoms with E-state index < -0.39 is 0 Å². The van der Waals surface area contributed by atoms with Gasteiger partial charge in [0.15, 0.2) is 0 Å². The van der Waals surface area contributed by atoms with Crippen LogP contribution in [-0.2, 0) is 0 Å². The maximum absolute atomic E-state index is 9.39. The van der Waals surface area contributed by atoms with Gasteiger partial charge in [0, 0.05) is 5.56 Å². The van der Waals surface area contributed by atoms with Gasteiger partial charge in [0.05, 0.1) is 24.3 Å². The molecule has 0 aliphatic rings. The van der Waals surface area contributed by atoms with Crippen LogP contribution in [0.15, 0.2) is 22.7 Å². The van der Waals surface area contributed by atoms with E-state index in [1.807, 2.05) is 45.9 Å². The molecule has 1 atom stereocenters. The van der Waals surface area contributed by atoms with E-state index in [0.717, 1.165) is 46.7 Å². The number of benzene rings is 1. The third kappa shape index (κ3) is 3.48. The number of para-hydroxylation sites is 1. The van der Waals surface area contributed by atoms with Crippen LogP contribution in [0.2, 0.25) is 0 Å². The van der Waals surface area contributed by atoms with Crippen LogP contribution in [0, 0.1) is 39.0 Å². The first-order chi connectivity index (χ1) is 10.5. The van der Waals surface area contributed by atoms with Crippen LogP contribution < -0.4 is 4.74 Å². The molecule has 1 aromatic heterocycles. The van der Waals surface area contributed by atoms with Gasteiger partial charge in [0.2, 0.25) is 0 Å². The summed E-state index contributed by atoms with van der Waals surface area (Å²) in [4.78, 5) is 0. The van der Waals surface area contributed by atoms with E-state index in [-0.39, 0.29) is 5.92 Å². The van der Waals surface area contributed by atoms with E-state index in [9.17, 15) is 5.26 Å².